The van der Waals surface area contributed by atoms with E-state index in [0.717, 1.165) is 67.9 Å². The summed E-state index contributed by atoms with van der Waals surface area (Å²) in [6.45, 7) is 0. The highest BCUT2D eigenvalue weighted by Crippen LogP contribution is 2.60. The fraction of sp³-hybridized carbons (Fsp3) is 0.0286. The molecule has 5 heterocycles. The second-order valence-corrected chi connectivity index (χ2v) is 38.7. The van der Waals surface area contributed by atoms with Gasteiger partial charge in [-0.05, 0) is 246 Å². The number of fused-ring (bicyclic) bond motifs is 34. The summed E-state index contributed by atoms with van der Waals surface area (Å²) in [5.74, 6) is 7.65. The lowest BCUT2D eigenvalue weighted by Gasteiger charge is -2.32. The lowest BCUT2D eigenvalue weighted by molar-refractivity contribution is 0.456. The summed E-state index contributed by atoms with van der Waals surface area (Å²) in [5, 5.41) is 34.8. The van der Waals surface area contributed by atoms with Gasteiger partial charge in [-0.2, -0.15) is 0 Å². The molecule has 27 aromatic carbocycles. The van der Waals surface area contributed by atoms with E-state index in [1.807, 2.05) is 12.1 Å². The molecule has 0 radical (unpaired) electrons. The third kappa shape index (κ3) is 13.8. The number of rotatable bonds is 5. The molecular weight excluding hydrogens is 1760 g/mol. The van der Waals surface area contributed by atoms with E-state index in [4.69, 9.17) is 23.4 Å². The largest absolute Gasteiger partial charge is 0.457 e. The molecule has 0 amide bonds. The van der Waals surface area contributed by atoms with Crippen LogP contribution in [0.5, 0.6) is 46.0 Å². The lowest BCUT2D eigenvalue weighted by Crippen LogP contribution is -2.13. The number of ether oxygens (including phenoxy) is 4. The Morgan fingerprint density at radius 2 is 0.379 bits per heavy atom. The third-order valence-electron chi connectivity index (χ3n) is 30.9. The Kier molecular flexibility index (Phi) is 19.6. The highest BCUT2D eigenvalue weighted by Gasteiger charge is 2.39. The number of hydrogen-bond donors (Lipinski definition) is 0. The van der Waals surface area contributed by atoms with Gasteiger partial charge in [-0.3, -0.25) is 0 Å². The molecule has 1 aromatic heterocycles. The second kappa shape index (κ2) is 34.1. The zero-order chi connectivity index (χ0) is 95.3. The fourth-order valence-corrected chi connectivity index (χ4v) is 24.5. The number of benzene rings is 27. The van der Waals surface area contributed by atoms with Crippen molar-refractivity contribution in [2.45, 2.75) is 23.7 Å². The molecular formula is C140H88O5. The van der Waals surface area contributed by atoms with E-state index in [1.165, 1.54) is 218 Å². The number of para-hydroxylation sites is 1. The Morgan fingerprint density at radius 1 is 0.131 bits per heavy atom. The lowest BCUT2D eigenvalue weighted by atomic mass is 9.76. The second-order valence-electron chi connectivity index (χ2n) is 38.7. The van der Waals surface area contributed by atoms with Crippen LogP contribution >= 0.6 is 0 Å². The van der Waals surface area contributed by atoms with Gasteiger partial charge >= 0.3 is 0 Å². The Morgan fingerprint density at radius 3 is 0.786 bits per heavy atom. The van der Waals surface area contributed by atoms with Crippen molar-refractivity contribution in [2.75, 3.05) is 0 Å². The molecule has 678 valence electrons. The van der Waals surface area contributed by atoms with Crippen molar-refractivity contribution in [2.24, 2.45) is 0 Å². The van der Waals surface area contributed by atoms with E-state index in [1.54, 1.807) is 0 Å². The van der Waals surface area contributed by atoms with Crippen LogP contribution in [0.15, 0.2) is 514 Å². The maximum Gasteiger partial charge on any atom is 0.135 e. The van der Waals surface area contributed by atoms with E-state index in [9.17, 15) is 0 Å². The Balaban J connectivity index is 0.0000000918. The van der Waals surface area contributed by atoms with Gasteiger partial charge in [0.15, 0.2) is 0 Å². The minimum atomic E-state index is 0.0172. The Hall–Kier alpha value is -18.7. The average Bonchev–Trinajstić information content (AvgIpc) is 1.71. The van der Waals surface area contributed by atoms with E-state index < -0.39 is 0 Å². The Labute approximate surface area is 836 Å². The normalized spacial score (nSPS) is 13.1. The standard InChI is InChI=1S/C37H24O.2C35H22O.C33H20O2/c1-2-9-24(10-3-1)29-16-8-13-27-17-18-28(23-32(27)29)35-36-30-14-6-4-11-25(30)19-21-33(36)38-34-22-20-26-12-5-7-15-31(26)37(34)35;1-5-13-26-22(9-1)17-19-31-33(26)35(34-27-14-6-2-10-23(27)18-20-32(34)36-31)30-21-24-11-3-4-12-25(24)28-15-7-8-16-29(28)30;1-4-10-27-22(7-1)13-14-25-21-26(15-18-28(25)27)33-34-29-11-5-2-8-23(29)16-19-31(34)36-32-20-17-24-9-3-6-12-30(24)35(32)33;1-3-9-23-20(7-1)14-17-28-32(23)31(33-24-10-4-2-8-21(24)15-18-29(33)35-28)22-13-16-26-25-11-5-6-12-27(25)34-30(26)19-22/h1-23,35H;1-21,35H;1-21,33H;1-19,31H. The molecule has 5 heteroatoms. The first-order valence-electron chi connectivity index (χ1n) is 50.1. The van der Waals surface area contributed by atoms with Gasteiger partial charge in [0.2, 0.25) is 0 Å². The van der Waals surface area contributed by atoms with Gasteiger partial charge in [0.1, 0.15) is 57.2 Å². The van der Waals surface area contributed by atoms with Crippen molar-refractivity contribution in [3.63, 3.8) is 0 Å². The van der Waals surface area contributed by atoms with Gasteiger partial charge in [-0.25, -0.2) is 0 Å². The molecule has 5 nitrogen and oxygen atoms in total. The summed E-state index contributed by atoms with van der Waals surface area (Å²) in [5.41, 5.74) is 19.3. The van der Waals surface area contributed by atoms with Crippen LogP contribution in [0.1, 0.15) is 90.4 Å². The first-order valence-corrected chi connectivity index (χ1v) is 50.1. The maximum absolute atomic E-state index is 6.64. The topological polar surface area (TPSA) is 50.1 Å². The molecule has 0 N–H and O–H groups in total. The molecule has 0 aliphatic carbocycles. The van der Waals surface area contributed by atoms with Gasteiger partial charge in [-0.15, -0.1) is 0 Å². The average molecular weight is 1850 g/mol. The van der Waals surface area contributed by atoms with Gasteiger partial charge < -0.3 is 23.4 Å². The predicted molar refractivity (Wildman–Crippen MR) is 602 cm³/mol. The van der Waals surface area contributed by atoms with Crippen LogP contribution in [0, 0.1) is 0 Å². The summed E-state index contributed by atoms with van der Waals surface area (Å²) < 4.78 is 32.7. The molecule has 4 aliphatic heterocycles. The van der Waals surface area contributed by atoms with Crippen LogP contribution in [0.3, 0.4) is 0 Å². The number of furan rings is 1. The quantitative estimate of drug-likeness (QED) is 0.161. The highest BCUT2D eigenvalue weighted by atomic mass is 16.5. The van der Waals surface area contributed by atoms with Gasteiger partial charge in [0, 0.05) is 79.0 Å². The summed E-state index contributed by atoms with van der Waals surface area (Å²) in [4.78, 5) is 0. The monoisotopic (exact) mass is 1850 g/mol. The van der Waals surface area contributed by atoms with E-state index in [0.29, 0.717) is 0 Å². The van der Waals surface area contributed by atoms with Crippen LogP contribution in [-0.4, -0.2) is 0 Å². The maximum atomic E-state index is 6.64. The molecule has 28 aromatic rings. The van der Waals surface area contributed by atoms with E-state index >= 15 is 0 Å². The summed E-state index contributed by atoms with van der Waals surface area (Å²) in [6, 6.07) is 183. The third-order valence-corrected chi connectivity index (χ3v) is 30.9. The molecule has 4 aliphatic rings. The van der Waals surface area contributed by atoms with Crippen LogP contribution in [0.2, 0.25) is 0 Å². The zero-order valence-corrected chi connectivity index (χ0v) is 78.8. The first kappa shape index (κ1) is 83.3. The van der Waals surface area contributed by atoms with Crippen molar-refractivity contribution in [1.29, 1.82) is 0 Å². The fourth-order valence-electron chi connectivity index (χ4n) is 24.5. The molecule has 0 unspecified atom stereocenters. The van der Waals surface area contributed by atoms with Crippen molar-refractivity contribution in [3.8, 4) is 57.1 Å². The SMILES string of the molecule is c1ccc(-c2cccc3ccc(C4c5c(ccc6ccccc56)Oc5ccc6ccccc6c54)cc23)cc1.c1ccc2c3c(ccc2c1)Oc1ccc2ccccc2c1C3c1cc2ccccc2c2ccccc12.c1ccc2c3c(ccc2c1)Oc1ccc2ccccc2c1C3c1ccc2c(c1)oc1ccccc12.c1ccc2c3c(ccc2c1)Oc1ccc2ccccc2c1C3c1ccc2c(ccc3ccccc32)c1. The summed E-state index contributed by atoms with van der Waals surface area (Å²) in [7, 11) is 0. The van der Waals surface area contributed by atoms with Crippen LogP contribution in [0.25, 0.3) is 173 Å². The predicted octanol–water partition coefficient (Wildman–Crippen LogP) is 38.4. The highest BCUT2D eigenvalue weighted by molar-refractivity contribution is 6.13. The molecule has 145 heavy (non-hydrogen) atoms. The van der Waals surface area contributed by atoms with Gasteiger partial charge in [0.05, 0.1) is 0 Å². The van der Waals surface area contributed by atoms with E-state index in [2.05, 4.69) is 497 Å². The molecule has 0 atom stereocenters. The van der Waals surface area contributed by atoms with Crippen LogP contribution < -0.4 is 18.9 Å². The van der Waals surface area contributed by atoms with Crippen molar-refractivity contribution < 1.29 is 23.4 Å². The van der Waals surface area contributed by atoms with Crippen LogP contribution in [-0.2, 0) is 0 Å². The molecule has 0 fully saturated rings. The summed E-state index contributed by atoms with van der Waals surface area (Å²) >= 11 is 0. The van der Waals surface area contributed by atoms with Crippen molar-refractivity contribution in [1.82, 2.24) is 0 Å². The van der Waals surface area contributed by atoms with Crippen LogP contribution in [0.4, 0.5) is 0 Å². The minimum Gasteiger partial charge on any atom is -0.457 e. The van der Waals surface area contributed by atoms with Crippen molar-refractivity contribution in [3.05, 3.63) is 576 Å². The molecule has 0 saturated carbocycles. The Bertz CT molecular complexity index is 9900. The van der Waals surface area contributed by atoms with Gasteiger partial charge in [-0.1, -0.05) is 437 Å². The smallest absolute Gasteiger partial charge is 0.135 e. The zero-order valence-electron chi connectivity index (χ0n) is 78.8. The molecule has 32 rings (SSSR count). The number of hydrogen-bond acceptors (Lipinski definition) is 5. The molecule has 0 bridgehead atoms. The minimum absolute atomic E-state index is 0.0172. The summed E-state index contributed by atoms with van der Waals surface area (Å²) in [6.07, 6.45) is 0. The van der Waals surface area contributed by atoms with Crippen molar-refractivity contribution >= 4 is 162 Å². The van der Waals surface area contributed by atoms with Gasteiger partial charge in [0.25, 0.3) is 0 Å². The molecule has 0 spiro atoms. The molecule has 0 saturated heterocycles. The first-order chi connectivity index (χ1) is 71.9. The van der Waals surface area contributed by atoms with E-state index in [-0.39, 0.29) is 23.7 Å².